The highest BCUT2D eigenvalue weighted by Gasteiger charge is 2.02. The highest BCUT2D eigenvalue weighted by Crippen LogP contribution is 2.06. The van der Waals surface area contributed by atoms with Crippen molar-refractivity contribution in [1.29, 1.82) is 0 Å². The predicted molar refractivity (Wildman–Crippen MR) is 51.0 cm³/mol. The van der Waals surface area contributed by atoms with E-state index < -0.39 is 6.29 Å². The normalized spacial score (nSPS) is 15.3. The van der Waals surface area contributed by atoms with Crippen LogP contribution in [0.4, 0.5) is 0 Å². The van der Waals surface area contributed by atoms with Gasteiger partial charge in [-0.1, -0.05) is 25.2 Å². The van der Waals surface area contributed by atoms with Gasteiger partial charge >= 0.3 is 0 Å². The van der Waals surface area contributed by atoms with Gasteiger partial charge < -0.3 is 10.2 Å². The molecule has 1 unspecified atom stereocenters. The molecule has 0 heterocycles. The third kappa shape index (κ3) is 7.43. The number of hydrogen-bond donors (Lipinski definition) is 2. The van der Waals surface area contributed by atoms with E-state index in [0.717, 1.165) is 6.29 Å². The lowest BCUT2D eigenvalue weighted by atomic mass is 10.1. The van der Waals surface area contributed by atoms with Crippen molar-refractivity contribution in [2.75, 3.05) is 0 Å². The summed E-state index contributed by atoms with van der Waals surface area (Å²) in [6.45, 7) is 3.59. The first kappa shape index (κ1) is 12.1. The molecule has 1 atom stereocenters. The van der Waals surface area contributed by atoms with E-state index in [1.807, 2.05) is 13.0 Å². The highest BCUT2D eigenvalue weighted by molar-refractivity contribution is 5.72. The van der Waals surface area contributed by atoms with Crippen LogP contribution in [0.15, 0.2) is 23.8 Å². The first-order chi connectivity index (χ1) is 6.06. The van der Waals surface area contributed by atoms with Crippen LogP contribution in [0.3, 0.4) is 0 Å². The summed E-state index contributed by atoms with van der Waals surface area (Å²) in [6, 6.07) is 0. The fourth-order valence-electron chi connectivity index (χ4n) is 0.847. The molecule has 74 valence electrons. The van der Waals surface area contributed by atoms with Gasteiger partial charge in [-0.05, 0) is 18.4 Å². The Morgan fingerprint density at radius 3 is 2.54 bits per heavy atom. The molecular weight excluding hydrogens is 168 g/mol. The molecule has 0 radical (unpaired) electrons. The molecule has 2 N–H and O–H groups in total. The average molecular weight is 184 g/mol. The van der Waals surface area contributed by atoms with Gasteiger partial charge in [0.2, 0.25) is 0 Å². The van der Waals surface area contributed by atoms with E-state index in [-0.39, 0.29) is 5.92 Å². The number of aliphatic hydroxyl groups excluding tert-OH is 1. The van der Waals surface area contributed by atoms with Crippen LogP contribution in [0.1, 0.15) is 20.3 Å². The molecule has 3 nitrogen and oxygen atoms in total. The molecule has 0 aromatic rings. The number of aldehydes is 1. The molecular formula is C10H16O3. The SMILES string of the molecule is C/C(C=O)=C/C=CC(C)CC(O)O. The van der Waals surface area contributed by atoms with Gasteiger partial charge in [-0.3, -0.25) is 4.79 Å². The molecule has 13 heavy (non-hydrogen) atoms. The summed E-state index contributed by atoms with van der Waals surface area (Å²) in [6.07, 6.45) is 5.08. The molecule has 0 amide bonds. The molecule has 0 saturated heterocycles. The van der Waals surface area contributed by atoms with Gasteiger partial charge in [-0.15, -0.1) is 0 Å². The average Bonchev–Trinajstić information content (AvgIpc) is 2.02. The van der Waals surface area contributed by atoms with Crippen LogP contribution in [0.25, 0.3) is 0 Å². The van der Waals surface area contributed by atoms with E-state index in [2.05, 4.69) is 0 Å². The summed E-state index contributed by atoms with van der Waals surface area (Å²) in [5, 5.41) is 17.3. The van der Waals surface area contributed by atoms with Gasteiger partial charge in [-0.2, -0.15) is 0 Å². The fraction of sp³-hybridized carbons (Fsp3) is 0.500. The minimum atomic E-state index is -1.27. The molecule has 0 saturated carbocycles. The Labute approximate surface area is 78.4 Å². The van der Waals surface area contributed by atoms with Crippen LogP contribution in [0, 0.1) is 5.92 Å². The lowest BCUT2D eigenvalue weighted by Crippen LogP contribution is -2.08. The van der Waals surface area contributed by atoms with Crippen molar-refractivity contribution in [2.24, 2.45) is 5.92 Å². The van der Waals surface area contributed by atoms with E-state index in [1.54, 1.807) is 19.1 Å². The molecule has 0 aliphatic carbocycles. The molecule has 0 aromatic heterocycles. The van der Waals surface area contributed by atoms with E-state index in [4.69, 9.17) is 10.2 Å². The van der Waals surface area contributed by atoms with Gasteiger partial charge in [0.25, 0.3) is 0 Å². The maximum Gasteiger partial charge on any atom is 0.151 e. The minimum Gasteiger partial charge on any atom is -0.368 e. The Bertz CT molecular complexity index is 204. The van der Waals surface area contributed by atoms with Crippen LogP contribution in [0.2, 0.25) is 0 Å². The van der Waals surface area contributed by atoms with E-state index in [9.17, 15) is 4.79 Å². The first-order valence-corrected chi connectivity index (χ1v) is 4.22. The molecule has 0 spiro atoms. The predicted octanol–water partition coefficient (Wildman–Crippen LogP) is 1.02. The Hall–Kier alpha value is -0.930. The summed E-state index contributed by atoms with van der Waals surface area (Å²) in [4.78, 5) is 10.2. The van der Waals surface area contributed by atoms with Crippen LogP contribution in [-0.4, -0.2) is 22.8 Å². The zero-order chi connectivity index (χ0) is 10.3. The minimum absolute atomic E-state index is 0.0932. The molecule has 0 aromatic carbocycles. The summed E-state index contributed by atoms with van der Waals surface area (Å²) < 4.78 is 0. The van der Waals surface area contributed by atoms with Crippen molar-refractivity contribution in [3.63, 3.8) is 0 Å². The second-order valence-corrected chi connectivity index (χ2v) is 3.11. The number of hydrogen-bond acceptors (Lipinski definition) is 3. The quantitative estimate of drug-likeness (QED) is 0.290. The Morgan fingerprint density at radius 1 is 1.46 bits per heavy atom. The topological polar surface area (TPSA) is 57.5 Å². The maximum absolute atomic E-state index is 10.2. The molecule has 0 bridgehead atoms. The van der Waals surface area contributed by atoms with Crippen LogP contribution in [0.5, 0.6) is 0 Å². The second-order valence-electron chi connectivity index (χ2n) is 3.11. The summed E-state index contributed by atoms with van der Waals surface area (Å²) in [5.41, 5.74) is 0.646. The van der Waals surface area contributed by atoms with Crippen molar-refractivity contribution in [3.05, 3.63) is 23.8 Å². The number of rotatable bonds is 5. The van der Waals surface area contributed by atoms with Crippen molar-refractivity contribution in [2.45, 2.75) is 26.6 Å². The number of carbonyl (C=O) groups excluding carboxylic acids is 1. The maximum atomic E-state index is 10.2. The number of aliphatic hydroxyl groups is 2. The van der Waals surface area contributed by atoms with Gasteiger partial charge in [-0.25, -0.2) is 0 Å². The first-order valence-electron chi connectivity index (χ1n) is 4.22. The summed E-state index contributed by atoms with van der Waals surface area (Å²) in [5.74, 6) is 0.0932. The Kier molecular flexibility index (Phi) is 6.10. The van der Waals surface area contributed by atoms with E-state index >= 15 is 0 Å². The van der Waals surface area contributed by atoms with Gasteiger partial charge in [0.05, 0.1) is 0 Å². The van der Waals surface area contributed by atoms with Gasteiger partial charge in [0.15, 0.2) is 6.29 Å². The summed E-state index contributed by atoms with van der Waals surface area (Å²) in [7, 11) is 0. The second kappa shape index (κ2) is 6.57. The fourth-order valence-corrected chi connectivity index (χ4v) is 0.847. The van der Waals surface area contributed by atoms with Crippen LogP contribution in [-0.2, 0) is 4.79 Å². The van der Waals surface area contributed by atoms with Gasteiger partial charge in [0.1, 0.15) is 6.29 Å². The number of allylic oxidation sites excluding steroid dienone is 4. The molecule has 0 aliphatic heterocycles. The lowest BCUT2D eigenvalue weighted by Gasteiger charge is -2.06. The summed E-state index contributed by atoms with van der Waals surface area (Å²) >= 11 is 0. The Morgan fingerprint density at radius 2 is 2.08 bits per heavy atom. The standard InChI is InChI=1S/C10H16O3/c1-8(6-10(12)13)4-3-5-9(2)7-11/h3-5,7-8,10,12-13H,6H2,1-2H3/b4-3?,9-5-. The molecule has 0 rings (SSSR count). The number of carbonyl (C=O) groups is 1. The smallest absolute Gasteiger partial charge is 0.151 e. The molecule has 3 heteroatoms. The zero-order valence-corrected chi connectivity index (χ0v) is 7.97. The van der Waals surface area contributed by atoms with Crippen molar-refractivity contribution >= 4 is 6.29 Å². The van der Waals surface area contributed by atoms with Crippen molar-refractivity contribution < 1.29 is 15.0 Å². The van der Waals surface area contributed by atoms with Crippen molar-refractivity contribution in [3.8, 4) is 0 Å². The van der Waals surface area contributed by atoms with Crippen LogP contribution < -0.4 is 0 Å². The molecule has 0 aliphatic rings. The van der Waals surface area contributed by atoms with E-state index in [1.165, 1.54) is 0 Å². The van der Waals surface area contributed by atoms with E-state index in [0.29, 0.717) is 12.0 Å². The van der Waals surface area contributed by atoms with Gasteiger partial charge in [0, 0.05) is 6.42 Å². The molecule has 0 fully saturated rings. The third-order valence-corrected chi connectivity index (χ3v) is 1.57. The Balaban J connectivity index is 3.90. The van der Waals surface area contributed by atoms with Crippen LogP contribution >= 0.6 is 0 Å². The third-order valence-electron chi connectivity index (χ3n) is 1.57. The van der Waals surface area contributed by atoms with Crippen molar-refractivity contribution in [1.82, 2.24) is 0 Å². The lowest BCUT2D eigenvalue weighted by molar-refractivity contribution is -0.104. The largest absolute Gasteiger partial charge is 0.368 e. The highest BCUT2D eigenvalue weighted by atomic mass is 16.5. The monoisotopic (exact) mass is 184 g/mol. The zero-order valence-electron chi connectivity index (χ0n) is 7.97.